The number of nitro benzene ring substituents is 1. The molecule has 0 saturated carbocycles. The zero-order valence-electron chi connectivity index (χ0n) is 35.3. The van der Waals surface area contributed by atoms with Crippen LogP contribution in [0.25, 0.3) is 0 Å². The molecule has 0 aliphatic heterocycles. The van der Waals surface area contributed by atoms with E-state index in [1.54, 1.807) is 0 Å². The highest BCUT2D eigenvalue weighted by molar-refractivity contribution is 5.99. The Morgan fingerprint density at radius 1 is 0.623 bits per heavy atom. The van der Waals surface area contributed by atoms with Gasteiger partial charge in [0.25, 0.3) is 35.2 Å². The Morgan fingerprint density at radius 3 is 1.48 bits per heavy atom. The molecule has 3 aromatic carbocycles. The van der Waals surface area contributed by atoms with Gasteiger partial charge in [-0.3, -0.25) is 38.9 Å². The lowest BCUT2D eigenvalue weighted by Crippen LogP contribution is -2.58. The lowest BCUT2D eigenvalue weighted by atomic mass is 10.1. The Kier molecular flexibility index (Phi) is 18.3. The Balaban J connectivity index is 2.02. The summed E-state index contributed by atoms with van der Waals surface area (Å²) in [7, 11) is 0. The molecule has 3 aromatic rings. The van der Waals surface area contributed by atoms with Gasteiger partial charge in [-0.05, 0) is 29.3 Å². The van der Waals surface area contributed by atoms with Crippen molar-refractivity contribution in [1.29, 1.82) is 0 Å². The van der Waals surface area contributed by atoms with Crippen molar-refractivity contribution in [2.75, 3.05) is 4.90 Å². The standard InChI is InChI=1S/C36H45F3N20O10/c37-36(38,39)18-12-16(59(68)69)8-11-19(18)58(13-14-6-9-17(60)10-7-14)31(67)30(66)49-20(15-4-2-1-3-5-15)26(62)51-23(55-33(43)44)28(64)53-25(57-35(47)48)29(65)52-24(56-34(45)46)27(63)50-22(21(40)61)54-32(41)42/h1-12,20,22-25,31,60,67H,13H2,(H2,40,61)(H,49,66)(H,50,63)(H,51,62)(H,52,65)(H,53,64)(H4,41,42,54)(H4,43,44,55)(H4,45,46,56)(H4,47,48,57). The number of aliphatic hydroxyl groups excluding tert-OH is 1. The maximum absolute atomic E-state index is 14.5. The number of phenolic OH excluding ortho intramolecular Hbond substituents is 1. The van der Waals surface area contributed by atoms with E-state index in [9.17, 15) is 62.3 Å². The molecule has 0 saturated heterocycles. The highest BCUT2D eigenvalue weighted by Gasteiger charge is 2.40. The average molecular weight is 975 g/mol. The second-order valence-electron chi connectivity index (χ2n) is 13.7. The topological polar surface area (TPSA) is 533 Å². The molecular weight excluding hydrogens is 930 g/mol. The highest BCUT2D eigenvalue weighted by atomic mass is 19.4. The second kappa shape index (κ2) is 23.5. The molecule has 0 aromatic heterocycles. The third-order valence-electron chi connectivity index (χ3n) is 8.55. The van der Waals surface area contributed by atoms with Crippen molar-refractivity contribution in [3.63, 3.8) is 0 Å². The zero-order chi connectivity index (χ0) is 51.9. The number of aliphatic hydroxyl groups is 1. The van der Waals surface area contributed by atoms with Crippen LogP contribution in [0.1, 0.15) is 22.7 Å². The third-order valence-corrected chi connectivity index (χ3v) is 8.55. The number of nitrogens with two attached hydrogens (primary N) is 9. The zero-order valence-corrected chi connectivity index (χ0v) is 35.3. The lowest BCUT2D eigenvalue weighted by Gasteiger charge is -2.32. The molecule has 370 valence electrons. The fraction of sp³-hybridized carbons (Fsp3) is 0.222. The van der Waals surface area contributed by atoms with E-state index < -0.39 is 131 Å². The van der Waals surface area contributed by atoms with Gasteiger partial charge in [0.1, 0.15) is 11.8 Å². The van der Waals surface area contributed by atoms with E-state index in [4.69, 9.17) is 51.6 Å². The van der Waals surface area contributed by atoms with Gasteiger partial charge >= 0.3 is 6.18 Å². The molecule has 0 aliphatic rings. The van der Waals surface area contributed by atoms with Crippen LogP contribution in [0, 0.1) is 10.1 Å². The summed E-state index contributed by atoms with van der Waals surface area (Å²) in [4.78, 5) is 105. The van der Waals surface area contributed by atoms with Crippen molar-refractivity contribution < 1.29 is 57.1 Å². The Labute approximate surface area is 385 Å². The molecule has 0 aliphatic carbocycles. The first kappa shape index (κ1) is 53.6. The van der Waals surface area contributed by atoms with Crippen molar-refractivity contribution in [1.82, 2.24) is 26.6 Å². The minimum atomic E-state index is -5.30. The Morgan fingerprint density at radius 2 is 1.06 bits per heavy atom. The molecule has 3 rings (SSSR count). The molecule has 0 heterocycles. The van der Waals surface area contributed by atoms with Crippen LogP contribution >= 0.6 is 0 Å². The van der Waals surface area contributed by atoms with Crippen molar-refractivity contribution in [3.05, 3.63) is 99.6 Å². The number of phenols is 1. The number of rotatable bonds is 21. The van der Waals surface area contributed by atoms with E-state index >= 15 is 0 Å². The number of carbonyl (C=O) groups excluding carboxylic acids is 6. The van der Waals surface area contributed by atoms with Gasteiger partial charge in [0, 0.05) is 18.7 Å². The molecular formula is C36H45F3N20O10. The fourth-order valence-electron chi connectivity index (χ4n) is 5.61. The molecule has 0 bridgehead atoms. The number of carbonyl (C=O) groups is 6. The van der Waals surface area contributed by atoms with E-state index in [0.717, 1.165) is 12.1 Å². The number of primary amides is 1. The predicted octanol–water partition coefficient (Wildman–Crippen LogP) is -6.15. The number of amides is 6. The number of aromatic hydroxyl groups is 1. The van der Waals surface area contributed by atoms with Crippen molar-refractivity contribution in [2.45, 2.75) is 49.7 Å². The Bertz CT molecular complexity index is 2510. The summed E-state index contributed by atoms with van der Waals surface area (Å²) in [5.41, 5.74) is 44.9. The molecule has 30 nitrogen and oxygen atoms in total. The second-order valence-corrected chi connectivity index (χ2v) is 13.7. The molecule has 0 radical (unpaired) electrons. The van der Waals surface area contributed by atoms with Crippen molar-refractivity contribution in [2.24, 2.45) is 71.6 Å². The molecule has 0 spiro atoms. The number of alkyl halides is 3. The number of nitrogens with one attached hydrogen (secondary N) is 5. The number of hydrogen-bond acceptors (Lipinski definition) is 15. The number of guanidine groups is 4. The van der Waals surface area contributed by atoms with Crippen LogP contribution in [-0.4, -0.2) is 105 Å². The normalized spacial score (nSPS) is 13.4. The summed E-state index contributed by atoms with van der Waals surface area (Å²) in [5, 5.41) is 42.9. The number of aliphatic imine (C=N–C) groups is 4. The van der Waals surface area contributed by atoms with Gasteiger partial charge in [0.15, 0.2) is 23.8 Å². The molecule has 69 heavy (non-hydrogen) atoms. The van der Waals surface area contributed by atoms with Crippen LogP contribution in [-0.2, 0) is 41.5 Å². The lowest BCUT2D eigenvalue weighted by molar-refractivity contribution is -0.385. The van der Waals surface area contributed by atoms with Gasteiger partial charge in [-0.2, -0.15) is 13.2 Å². The number of nitro groups is 1. The van der Waals surface area contributed by atoms with Crippen LogP contribution in [0.15, 0.2) is 92.8 Å². The number of benzene rings is 3. The molecule has 25 N–H and O–H groups in total. The number of nitrogens with zero attached hydrogens (tertiary/aromatic N) is 6. The monoisotopic (exact) mass is 974 g/mol. The van der Waals surface area contributed by atoms with E-state index in [1.165, 1.54) is 42.5 Å². The molecule has 6 unspecified atom stereocenters. The van der Waals surface area contributed by atoms with Crippen LogP contribution in [0.4, 0.5) is 24.5 Å². The maximum atomic E-state index is 14.5. The van der Waals surface area contributed by atoms with Crippen LogP contribution < -0.4 is 83.1 Å². The molecule has 6 atom stereocenters. The van der Waals surface area contributed by atoms with Gasteiger partial charge in [-0.25, -0.2) is 20.0 Å². The smallest absolute Gasteiger partial charge is 0.418 e. The SMILES string of the molecule is NC(=O)C(N=C(N)N)NC(=O)C(N=C(N)N)NC(=O)C(N=C(N)N)NC(=O)C(N=C(N)N)NC(=O)C(NC(=O)C(O)N(Cc1ccc(O)cc1)c1ccc([N+](=O)[O-])cc1C(F)(F)F)c1ccccc1. The fourth-order valence-corrected chi connectivity index (χ4v) is 5.61. The largest absolute Gasteiger partial charge is 0.508 e. The quantitative estimate of drug-likeness (QED) is 0.0155. The van der Waals surface area contributed by atoms with Gasteiger partial charge in [-0.15, -0.1) is 0 Å². The first-order valence-corrected chi connectivity index (χ1v) is 19.0. The maximum Gasteiger partial charge on any atom is 0.418 e. The minimum absolute atomic E-state index is 0.0870. The first-order valence-electron chi connectivity index (χ1n) is 19.0. The van der Waals surface area contributed by atoms with Crippen molar-refractivity contribution in [3.8, 4) is 5.75 Å². The molecule has 33 heteroatoms. The summed E-state index contributed by atoms with van der Waals surface area (Å²) in [6, 6.07) is 11.1. The summed E-state index contributed by atoms with van der Waals surface area (Å²) >= 11 is 0. The van der Waals surface area contributed by atoms with E-state index in [2.05, 4.69) is 30.6 Å². The number of halogens is 3. The van der Waals surface area contributed by atoms with Crippen LogP contribution in [0.2, 0.25) is 0 Å². The first-order chi connectivity index (χ1) is 32.2. The van der Waals surface area contributed by atoms with Crippen LogP contribution in [0.3, 0.4) is 0 Å². The predicted molar refractivity (Wildman–Crippen MR) is 236 cm³/mol. The van der Waals surface area contributed by atoms with Gasteiger partial charge < -0.3 is 93.3 Å². The summed E-state index contributed by atoms with van der Waals surface area (Å²) in [5.74, 6) is -12.1. The van der Waals surface area contributed by atoms with E-state index in [1.807, 2.05) is 16.0 Å². The van der Waals surface area contributed by atoms with Crippen molar-refractivity contribution >= 4 is 70.7 Å². The summed E-state index contributed by atoms with van der Waals surface area (Å²) < 4.78 is 43.4. The van der Waals surface area contributed by atoms with Crippen LogP contribution in [0.5, 0.6) is 5.75 Å². The number of non-ortho nitro benzene ring substituents is 1. The highest BCUT2D eigenvalue weighted by Crippen LogP contribution is 2.40. The number of anilines is 1. The third kappa shape index (κ3) is 16.1. The summed E-state index contributed by atoms with van der Waals surface area (Å²) in [6.07, 6.45) is -16.5. The number of hydrogen-bond donors (Lipinski definition) is 16. The molecule has 6 amide bonds. The van der Waals surface area contributed by atoms with Gasteiger partial charge in [0.2, 0.25) is 36.8 Å². The summed E-state index contributed by atoms with van der Waals surface area (Å²) in [6.45, 7) is -0.710. The van der Waals surface area contributed by atoms with Gasteiger partial charge in [-0.1, -0.05) is 42.5 Å². The average Bonchev–Trinajstić information content (AvgIpc) is 3.25. The molecule has 0 fully saturated rings. The van der Waals surface area contributed by atoms with Gasteiger partial charge in [0.05, 0.1) is 16.2 Å². The van der Waals surface area contributed by atoms with E-state index in [0.29, 0.717) is 17.0 Å². The van der Waals surface area contributed by atoms with E-state index in [-0.39, 0.29) is 22.9 Å². The minimum Gasteiger partial charge on any atom is -0.508 e. The Hall–Kier alpha value is -9.69.